The largest absolute Gasteiger partial charge is 0.465 e. The number of rotatable bonds is 3. The highest BCUT2D eigenvalue weighted by Gasteiger charge is 2.18. The lowest BCUT2D eigenvalue weighted by Crippen LogP contribution is -2.11. The number of methoxy groups -OCH3 is 1. The molecular formula is C10H12ClNO3S. The summed E-state index contributed by atoms with van der Waals surface area (Å²) < 4.78 is 15.8. The molecule has 0 aliphatic rings. The van der Waals surface area contributed by atoms with E-state index in [1.807, 2.05) is 0 Å². The van der Waals surface area contributed by atoms with Gasteiger partial charge in [0, 0.05) is 22.8 Å². The second-order valence-electron chi connectivity index (χ2n) is 3.20. The minimum absolute atomic E-state index is 0.163. The second kappa shape index (κ2) is 5.32. The molecule has 6 heteroatoms. The summed E-state index contributed by atoms with van der Waals surface area (Å²) in [6.45, 7) is 0. The molecule has 1 atom stereocenters. The zero-order valence-corrected chi connectivity index (χ0v) is 10.5. The van der Waals surface area contributed by atoms with E-state index in [4.69, 9.17) is 17.3 Å². The van der Waals surface area contributed by atoms with Gasteiger partial charge in [-0.3, -0.25) is 4.21 Å². The van der Waals surface area contributed by atoms with Crippen LogP contribution in [-0.4, -0.2) is 23.5 Å². The van der Waals surface area contributed by atoms with Crippen LogP contribution in [0.2, 0.25) is 5.02 Å². The van der Waals surface area contributed by atoms with Gasteiger partial charge in [0.1, 0.15) is 0 Å². The molecule has 0 bridgehead atoms. The first-order valence-corrected chi connectivity index (χ1v) is 6.53. The third-order valence-corrected chi connectivity index (χ3v) is 3.07. The summed E-state index contributed by atoms with van der Waals surface area (Å²) in [4.78, 5) is 11.5. The molecule has 0 radical (unpaired) electrons. The van der Waals surface area contributed by atoms with E-state index < -0.39 is 16.8 Å². The molecule has 0 aromatic heterocycles. The monoisotopic (exact) mass is 261 g/mol. The molecule has 0 heterocycles. The molecule has 2 N–H and O–H groups in total. The van der Waals surface area contributed by atoms with Crippen LogP contribution in [0.1, 0.15) is 15.9 Å². The van der Waals surface area contributed by atoms with Crippen molar-refractivity contribution in [2.75, 3.05) is 19.1 Å². The van der Waals surface area contributed by atoms with Crippen LogP contribution >= 0.6 is 11.6 Å². The molecular weight excluding hydrogens is 250 g/mol. The van der Waals surface area contributed by atoms with Gasteiger partial charge in [-0.1, -0.05) is 17.7 Å². The zero-order chi connectivity index (χ0) is 12.3. The summed E-state index contributed by atoms with van der Waals surface area (Å²) in [5.74, 6) is -0.327. The number of benzene rings is 1. The van der Waals surface area contributed by atoms with Gasteiger partial charge < -0.3 is 10.5 Å². The van der Waals surface area contributed by atoms with Crippen LogP contribution in [0.15, 0.2) is 12.1 Å². The average Bonchev–Trinajstić information content (AvgIpc) is 2.22. The zero-order valence-electron chi connectivity index (χ0n) is 8.95. The number of carbonyl (C=O) groups excluding carboxylic acids is 1. The standard InChI is InChI=1S/C10H12ClNO3S/c1-15-10(13)8-6(5-16(2)14)3-4-7(11)9(8)12/h3-4H,5,12H2,1-2H3. The Bertz CT molecular complexity index is 448. The van der Waals surface area contributed by atoms with Gasteiger partial charge in [-0.15, -0.1) is 0 Å². The maximum Gasteiger partial charge on any atom is 0.340 e. The van der Waals surface area contributed by atoms with E-state index in [-0.39, 0.29) is 22.0 Å². The molecule has 16 heavy (non-hydrogen) atoms. The Hall–Kier alpha value is -1.07. The van der Waals surface area contributed by atoms with Gasteiger partial charge in [0.15, 0.2) is 0 Å². The Balaban J connectivity index is 3.32. The van der Waals surface area contributed by atoms with Crippen molar-refractivity contribution in [3.05, 3.63) is 28.3 Å². The van der Waals surface area contributed by atoms with Crippen molar-refractivity contribution in [1.29, 1.82) is 0 Å². The maximum atomic E-state index is 11.5. The number of nitrogen functional groups attached to an aromatic ring is 1. The van der Waals surface area contributed by atoms with Crippen LogP contribution in [0.4, 0.5) is 5.69 Å². The predicted molar refractivity (Wildman–Crippen MR) is 65.0 cm³/mol. The van der Waals surface area contributed by atoms with Gasteiger partial charge >= 0.3 is 5.97 Å². The molecule has 4 nitrogen and oxygen atoms in total. The van der Waals surface area contributed by atoms with E-state index in [1.165, 1.54) is 7.11 Å². The van der Waals surface area contributed by atoms with E-state index in [9.17, 15) is 9.00 Å². The molecule has 1 aromatic carbocycles. The highest BCUT2D eigenvalue weighted by Crippen LogP contribution is 2.27. The SMILES string of the molecule is COC(=O)c1c(CS(C)=O)ccc(Cl)c1N. The first kappa shape index (κ1) is 13.0. The summed E-state index contributed by atoms with van der Waals surface area (Å²) in [5, 5.41) is 0.283. The van der Waals surface area contributed by atoms with Crippen molar-refractivity contribution in [2.45, 2.75) is 5.75 Å². The highest BCUT2D eigenvalue weighted by atomic mass is 35.5. The molecule has 0 aliphatic heterocycles. The van der Waals surface area contributed by atoms with Gasteiger partial charge in [0.2, 0.25) is 0 Å². The quantitative estimate of drug-likeness (QED) is 0.663. The molecule has 0 saturated heterocycles. The number of hydrogen-bond donors (Lipinski definition) is 1. The van der Waals surface area contributed by atoms with Crippen molar-refractivity contribution < 1.29 is 13.7 Å². The molecule has 0 fully saturated rings. The van der Waals surface area contributed by atoms with Gasteiger partial charge in [-0.25, -0.2) is 4.79 Å². The maximum absolute atomic E-state index is 11.5. The number of carbonyl (C=O) groups is 1. The van der Waals surface area contributed by atoms with Gasteiger partial charge in [-0.05, 0) is 11.6 Å². The first-order valence-electron chi connectivity index (χ1n) is 4.42. The number of anilines is 1. The van der Waals surface area contributed by atoms with E-state index in [0.717, 1.165) is 0 Å². The number of hydrogen-bond acceptors (Lipinski definition) is 4. The van der Waals surface area contributed by atoms with E-state index in [0.29, 0.717) is 5.56 Å². The molecule has 1 unspecified atom stereocenters. The lowest BCUT2D eigenvalue weighted by atomic mass is 10.1. The predicted octanol–water partition coefficient (Wildman–Crippen LogP) is 1.59. The van der Waals surface area contributed by atoms with Crippen LogP contribution in [0.3, 0.4) is 0 Å². The van der Waals surface area contributed by atoms with Crippen molar-refractivity contribution >= 4 is 34.1 Å². The first-order chi connectivity index (χ1) is 7.47. The lowest BCUT2D eigenvalue weighted by Gasteiger charge is -2.10. The minimum Gasteiger partial charge on any atom is -0.465 e. The van der Waals surface area contributed by atoms with E-state index in [2.05, 4.69) is 4.74 Å². The van der Waals surface area contributed by atoms with Gasteiger partial charge in [0.05, 0.1) is 23.4 Å². The summed E-state index contributed by atoms with van der Waals surface area (Å²) in [5.41, 5.74) is 6.64. The fraction of sp³-hybridized carbons (Fsp3) is 0.300. The van der Waals surface area contributed by atoms with Crippen LogP contribution in [0, 0.1) is 0 Å². The fourth-order valence-electron chi connectivity index (χ4n) is 1.32. The highest BCUT2D eigenvalue weighted by molar-refractivity contribution is 7.83. The van der Waals surface area contributed by atoms with Crippen molar-refractivity contribution in [2.24, 2.45) is 0 Å². The van der Waals surface area contributed by atoms with Gasteiger partial charge in [0.25, 0.3) is 0 Å². The van der Waals surface area contributed by atoms with Crippen molar-refractivity contribution in [1.82, 2.24) is 0 Å². The van der Waals surface area contributed by atoms with Crippen LogP contribution in [0.25, 0.3) is 0 Å². The Kier molecular flexibility index (Phi) is 4.32. The second-order valence-corrected chi connectivity index (χ2v) is 5.05. The molecule has 1 rings (SSSR count). The Morgan fingerprint density at radius 2 is 2.19 bits per heavy atom. The van der Waals surface area contributed by atoms with E-state index in [1.54, 1.807) is 18.4 Å². The normalized spacial score (nSPS) is 12.2. The fourth-order valence-corrected chi connectivity index (χ4v) is 2.16. The third kappa shape index (κ3) is 2.74. The number of esters is 1. The van der Waals surface area contributed by atoms with Gasteiger partial charge in [-0.2, -0.15) is 0 Å². The summed E-state index contributed by atoms with van der Waals surface area (Å²) in [6, 6.07) is 3.21. The van der Waals surface area contributed by atoms with Crippen LogP contribution < -0.4 is 5.73 Å². The Morgan fingerprint density at radius 3 is 2.69 bits per heavy atom. The molecule has 0 saturated carbocycles. The summed E-state index contributed by atoms with van der Waals surface area (Å²) in [6.07, 6.45) is 1.55. The van der Waals surface area contributed by atoms with Crippen molar-refractivity contribution in [3.63, 3.8) is 0 Å². The van der Waals surface area contributed by atoms with Crippen molar-refractivity contribution in [3.8, 4) is 0 Å². The smallest absolute Gasteiger partial charge is 0.340 e. The van der Waals surface area contributed by atoms with Crippen LogP contribution in [0.5, 0.6) is 0 Å². The number of halogens is 1. The topological polar surface area (TPSA) is 69.4 Å². The summed E-state index contributed by atoms with van der Waals surface area (Å²) in [7, 11) is 0.193. The lowest BCUT2D eigenvalue weighted by molar-refractivity contribution is 0.0601. The molecule has 88 valence electrons. The Labute approximate surface area is 101 Å². The molecule has 0 aliphatic carbocycles. The minimum atomic E-state index is -1.07. The average molecular weight is 262 g/mol. The number of ether oxygens (including phenoxy) is 1. The number of nitrogens with two attached hydrogens (primary N) is 1. The molecule has 1 aromatic rings. The Morgan fingerprint density at radius 1 is 1.56 bits per heavy atom. The summed E-state index contributed by atoms with van der Waals surface area (Å²) >= 11 is 5.81. The van der Waals surface area contributed by atoms with E-state index >= 15 is 0 Å². The van der Waals surface area contributed by atoms with Crippen LogP contribution in [-0.2, 0) is 21.3 Å². The molecule has 0 spiro atoms. The molecule has 0 amide bonds. The third-order valence-electron chi connectivity index (χ3n) is 2.03.